The maximum Gasteiger partial charge on any atom is 0.180 e. The van der Waals surface area contributed by atoms with Crippen molar-refractivity contribution in [2.45, 2.75) is 56.1 Å². The molecule has 0 amide bonds. The first-order chi connectivity index (χ1) is 18.8. The fourth-order valence-corrected chi connectivity index (χ4v) is 6.54. The smallest absolute Gasteiger partial charge is 0.180 e. The van der Waals surface area contributed by atoms with Gasteiger partial charge in [-0.05, 0) is 62.1 Å². The van der Waals surface area contributed by atoms with Gasteiger partial charge in [0.1, 0.15) is 0 Å². The molecule has 4 aromatic carbocycles. The number of aryl methyl sites for hydroxylation is 2. The van der Waals surface area contributed by atoms with Gasteiger partial charge in [0.15, 0.2) is 9.84 Å². The highest BCUT2D eigenvalue weighted by Crippen LogP contribution is 2.37. The third kappa shape index (κ3) is 7.24. The molecule has 4 rings (SSSR count). The van der Waals surface area contributed by atoms with Gasteiger partial charge in [0.05, 0.1) is 22.3 Å². The Morgan fingerprint density at radius 1 is 0.667 bits per heavy atom. The first-order valence-corrected chi connectivity index (χ1v) is 15.4. The Hall–Kier alpha value is -3.25. The predicted octanol–water partition coefficient (Wildman–Crippen LogP) is 6.58. The molecule has 5 heteroatoms. The van der Waals surface area contributed by atoms with Crippen molar-refractivity contribution >= 4 is 9.84 Å². The second-order valence-corrected chi connectivity index (χ2v) is 12.4. The second kappa shape index (κ2) is 13.2. The molecule has 0 spiro atoms. The fraction of sp³-hybridized carbons (Fsp3) is 0.294. The van der Waals surface area contributed by atoms with E-state index in [4.69, 9.17) is 0 Å². The fourth-order valence-electron chi connectivity index (χ4n) is 5.12. The molecule has 0 aliphatic heterocycles. The summed E-state index contributed by atoms with van der Waals surface area (Å²) >= 11 is 0. The van der Waals surface area contributed by atoms with Crippen molar-refractivity contribution in [3.8, 4) is 0 Å². The molecule has 1 unspecified atom stereocenters. The number of hydrogen-bond donors (Lipinski definition) is 2. The topological polar surface area (TPSA) is 66.4 Å². The van der Waals surface area contributed by atoms with Crippen molar-refractivity contribution < 1.29 is 13.5 Å². The molecular weight excluding hydrogens is 502 g/mol. The molecule has 0 radical (unpaired) electrons. The lowest BCUT2D eigenvalue weighted by Crippen LogP contribution is -2.45. The highest BCUT2D eigenvalue weighted by atomic mass is 32.2. The molecule has 0 aliphatic rings. The monoisotopic (exact) mass is 541 g/mol. The average molecular weight is 542 g/mol. The molecule has 0 heterocycles. The Kier molecular flexibility index (Phi) is 9.73. The minimum absolute atomic E-state index is 0.243. The summed E-state index contributed by atoms with van der Waals surface area (Å²) in [6.45, 7) is 4.80. The van der Waals surface area contributed by atoms with Crippen LogP contribution < -0.4 is 5.32 Å². The number of unbranched alkanes of at least 4 members (excludes halogenated alkanes) is 2. The van der Waals surface area contributed by atoms with Crippen LogP contribution in [-0.2, 0) is 15.4 Å². The van der Waals surface area contributed by atoms with E-state index >= 15 is 0 Å². The molecule has 0 fully saturated rings. The first-order valence-electron chi connectivity index (χ1n) is 13.7. The number of sulfone groups is 1. The van der Waals surface area contributed by atoms with Crippen LogP contribution in [0.3, 0.4) is 0 Å². The van der Waals surface area contributed by atoms with Gasteiger partial charge in [0.25, 0.3) is 0 Å². The van der Waals surface area contributed by atoms with Gasteiger partial charge >= 0.3 is 0 Å². The van der Waals surface area contributed by atoms with Gasteiger partial charge in [-0.3, -0.25) is 5.32 Å². The van der Waals surface area contributed by atoms with Crippen LogP contribution in [0.15, 0.2) is 114 Å². The minimum atomic E-state index is -3.50. The molecule has 0 saturated heterocycles. The molecule has 2 N–H and O–H groups in total. The zero-order valence-corrected chi connectivity index (χ0v) is 23.7. The van der Waals surface area contributed by atoms with Crippen molar-refractivity contribution in [2.75, 3.05) is 12.3 Å². The number of aliphatic hydroxyl groups excluding tert-OH is 1. The van der Waals surface area contributed by atoms with Gasteiger partial charge in [-0.2, -0.15) is 0 Å². The van der Waals surface area contributed by atoms with Crippen molar-refractivity contribution in [3.05, 3.63) is 137 Å². The van der Waals surface area contributed by atoms with Gasteiger partial charge < -0.3 is 5.11 Å². The minimum Gasteiger partial charge on any atom is -0.392 e. The summed E-state index contributed by atoms with van der Waals surface area (Å²) in [5.74, 6) is -0.243. The maximum absolute atomic E-state index is 12.7. The number of benzene rings is 4. The summed E-state index contributed by atoms with van der Waals surface area (Å²) in [5.41, 5.74) is 5.26. The van der Waals surface area contributed by atoms with Crippen LogP contribution in [0, 0.1) is 13.8 Å². The molecule has 0 bridgehead atoms. The summed E-state index contributed by atoms with van der Waals surface area (Å²) < 4.78 is 25.3. The van der Waals surface area contributed by atoms with Crippen LogP contribution in [-0.4, -0.2) is 31.9 Å². The van der Waals surface area contributed by atoms with Crippen LogP contribution in [0.4, 0.5) is 0 Å². The Bertz CT molecular complexity index is 1360. The van der Waals surface area contributed by atoms with E-state index < -0.39 is 21.5 Å². The third-order valence-electron chi connectivity index (χ3n) is 7.29. The van der Waals surface area contributed by atoms with E-state index in [0.717, 1.165) is 31.4 Å². The molecule has 204 valence electrons. The summed E-state index contributed by atoms with van der Waals surface area (Å²) in [4.78, 5) is 0.269. The normalized spacial score (nSPS) is 12.8. The van der Waals surface area contributed by atoms with Gasteiger partial charge in [-0.15, -0.1) is 0 Å². The Labute approximate surface area is 233 Å². The molecule has 4 aromatic rings. The van der Waals surface area contributed by atoms with E-state index in [1.54, 1.807) is 24.3 Å². The second-order valence-electron chi connectivity index (χ2n) is 10.4. The first kappa shape index (κ1) is 28.8. The molecular formula is C34H39NO3S. The van der Waals surface area contributed by atoms with Crippen LogP contribution in [0.2, 0.25) is 0 Å². The van der Waals surface area contributed by atoms with E-state index in [1.165, 1.54) is 22.3 Å². The number of aliphatic hydroxyl groups is 1. The molecule has 4 nitrogen and oxygen atoms in total. The molecule has 0 aromatic heterocycles. The number of nitrogens with one attached hydrogen (secondary N) is 1. The van der Waals surface area contributed by atoms with Gasteiger partial charge in [0.2, 0.25) is 0 Å². The Balaban J connectivity index is 1.41. The third-order valence-corrected chi connectivity index (χ3v) is 9.11. The van der Waals surface area contributed by atoms with Crippen LogP contribution in [0.5, 0.6) is 0 Å². The van der Waals surface area contributed by atoms with E-state index in [-0.39, 0.29) is 10.6 Å². The Morgan fingerprint density at radius 3 is 1.69 bits per heavy atom. The zero-order chi connectivity index (χ0) is 27.7. The van der Waals surface area contributed by atoms with Crippen LogP contribution in [0.25, 0.3) is 0 Å². The highest BCUT2D eigenvalue weighted by molar-refractivity contribution is 7.91. The summed E-state index contributed by atoms with van der Waals surface area (Å²) in [6.07, 6.45) is 2.16. The van der Waals surface area contributed by atoms with Crippen molar-refractivity contribution in [1.82, 2.24) is 5.32 Å². The van der Waals surface area contributed by atoms with Crippen LogP contribution in [0.1, 0.15) is 53.5 Å². The lowest BCUT2D eigenvalue weighted by Gasteiger charge is -2.37. The van der Waals surface area contributed by atoms with Crippen LogP contribution >= 0.6 is 0 Å². The molecule has 39 heavy (non-hydrogen) atoms. The molecule has 0 saturated carbocycles. The molecule has 0 aliphatic carbocycles. The summed E-state index contributed by atoms with van der Waals surface area (Å²) in [5, 5.41) is 14.4. The summed E-state index contributed by atoms with van der Waals surface area (Å²) in [6, 6.07) is 36.6. The SMILES string of the molecule is Cc1ccc(C(NCCCCCC(O)CS(=O)(=O)c2ccc(C)cc2)(c2ccccc2)c2ccccc2)cc1. The average Bonchev–Trinajstić information content (AvgIpc) is 2.94. The zero-order valence-electron chi connectivity index (χ0n) is 22.9. The largest absolute Gasteiger partial charge is 0.392 e. The van der Waals surface area contributed by atoms with E-state index in [0.29, 0.717) is 6.42 Å². The van der Waals surface area contributed by atoms with Gasteiger partial charge in [-0.1, -0.05) is 121 Å². The van der Waals surface area contributed by atoms with Gasteiger partial charge in [-0.25, -0.2) is 8.42 Å². The predicted molar refractivity (Wildman–Crippen MR) is 160 cm³/mol. The van der Waals surface area contributed by atoms with Gasteiger partial charge in [0, 0.05) is 0 Å². The van der Waals surface area contributed by atoms with Crippen molar-refractivity contribution in [1.29, 1.82) is 0 Å². The quantitative estimate of drug-likeness (QED) is 0.148. The van der Waals surface area contributed by atoms with E-state index in [2.05, 4.69) is 85.0 Å². The lowest BCUT2D eigenvalue weighted by atomic mass is 9.76. The standard InChI is InChI=1S/C34H39NO3S/c1-27-17-21-31(22-18-27)34(29-12-6-3-7-13-29,30-14-8-4-9-15-30)35-25-11-5-10-16-32(36)26-39(37,38)33-23-19-28(2)20-24-33/h3-4,6-9,12-15,17-24,32,35-36H,5,10-11,16,25-26H2,1-2H3. The van der Waals surface area contributed by atoms with Crippen molar-refractivity contribution in [2.24, 2.45) is 0 Å². The van der Waals surface area contributed by atoms with E-state index in [1.807, 2.05) is 19.1 Å². The lowest BCUT2D eigenvalue weighted by molar-refractivity contribution is 0.182. The van der Waals surface area contributed by atoms with Crippen molar-refractivity contribution in [3.63, 3.8) is 0 Å². The number of hydrogen-bond acceptors (Lipinski definition) is 4. The summed E-state index contributed by atoms with van der Waals surface area (Å²) in [7, 11) is -3.50. The highest BCUT2D eigenvalue weighted by Gasteiger charge is 2.35. The Morgan fingerprint density at radius 2 is 1.15 bits per heavy atom. The number of rotatable bonds is 13. The maximum atomic E-state index is 12.7. The molecule has 1 atom stereocenters. The van der Waals surface area contributed by atoms with E-state index in [9.17, 15) is 13.5 Å².